The molecule has 0 saturated carbocycles. The van der Waals surface area contributed by atoms with Crippen LogP contribution in [0.25, 0.3) is 0 Å². The SMILES string of the molecule is CCC1(C)CN=C(c2ccccc2)NC1. The van der Waals surface area contributed by atoms with Gasteiger partial charge in [0.05, 0.1) is 0 Å². The molecule has 1 aliphatic rings. The summed E-state index contributed by atoms with van der Waals surface area (Å²) in [7, 11) is 0. The van der Waals surface area contributed by atoms with Crippen LogP contribution in [0.1, 0.15) is 25.8 Å². The molecular formula is C13H18N2. The average Bonchev–Trinajstić information content (AvgIpc) is 2.31. The fraction of sp³-hybridized carbons (Fsp3) is 0.462. The number of hydrogen-bond donors (Lipinski definition) is 1. The largest absolute Gasteiger partial charge is 0.369 e. The quantitative estimate of drug-likeness (QED) is 0.782. The van der Waals surface area contributed by atoms with E-state index in [1.807, 2.05) is 18.2 Å². The van der Waals surface area contributed by atoms with E-state index in [9.17, 15) is 0 Å². The maximum Gasteiger partial charge on any atom is 0.128 e. The molecule has 1 aromatic carbocycles. The first-order valence-corrected chi connectivity index (χ1v) is 5.57. The molecule has 0 aromatic heterocycles. The topological polar surface area (TPSA) is 24.4 Å². The van der Waals surface area contributed by atoms with Crippen LogP contribution in [0.2, 0.25) is 0 Å². The summed E-state index contributed by atoms with van der Waals surface area (Å²) < 4.78 is 0. The van der Waals surface area contributed by atoms with Gasteiger partial charge in [0.2, 0.25) is 0 Å². The molecule has 0 fully saturated rings. The van der Waals surface area contributed by atoms with Gasteiger partial charge in [-0.15, -0.1) is 0 Å². The smallest absolute Gasteiger partial charge is 0.128 e. The molecule has 2 heteroatoms. The van der Waals surface area contributed by atoms with Gasteiger partial charge in [-0.1, -0.05) is 44.2 Å². The summed E-state index contributed by atoms with van der Waals surface area (Å²) in [6, 6.07) is 10.3. The molecule has 1 unspecified atom stereocenters. The molecule has 0 radical (unpaired) electrons. The van der Waals surface area contributed by atoms with Crippen LogP contribution in [0.5, 0.6) is 0 Å². The number of hydrogen-bond acceptors (Lipinski definition) is 2. The molecule has 0 bridgehead atoms. The Hall–Kier alpha value is -1.31. The maximum absolute atomic E-state index is 4.63. The molecule has 2 rings (SSSR count). The van der Waals surface area contributed by atoms with Crippen LogP contribution < -0.4 is 5.32 Å². The van der Waals surface area contributed by atoms with E-state index in [2.05, 4.69) is 36.3 Å². The lowest BCUT2D eigenvalue weighted by molar-refractivity contribution is 0.311. The molecule has 0 aliphatic carbocycles. The molecule has 1 heterocycles. The second-order valence-corrected chi connectivity index (χ2v) is 4.55. The predicted molar refractivity (Wildman–Crippen MR) is 64.2 cm³/mol. The highest BCUT2D eigenvalue weighted by molar-refractivity contribution is 5.99. The summed E-state index contributed by atoms with van der Waals surface area (Å²) in [6.07, 6.45) is 1.17. The van der Waals surface area contributed by atoms with E-state index in [0.717, 1.165) is 18.9 Å². The fourth-order valence-corrected chi connectivity index (χ4v) is 1.71. The van der Waals surface area contributed by atoms with Crippen LogP contribution in [-0.4, -0.2) is 18.9 Å². The van der Waals surface area contributed by atoms with E-state index in [1.165, 1.54) is 12.0 Å². The predicted octanol–water partition coefficient (Wildman–Crippen LogP) is 2.45. The first-order valence-electron chi connectivity index (χ1n) is 5.57. The van der Waals surface area contributed by atoms with Gasteiger partial charge in [0.25, 0.3) is 0 Å². The number of amidine groups is 1. The molecule has 1 atom stereocenters. The van der Waals surface area contributed by atoms with Crippen molar-refractivity contribution >= 4 is 5.84 Å². The van der Waals surface area contributed by atoms with Crippen molar-refractivity contribution in [2.75, 3.05) is 13.1 Å². The highest BCUT2D eigenvalue weighted by Crippen LogP contribution is 2.23. The Bertz CT molecular complexity index is 356. The van der Waals surface area contributed by atoms with E-state index >= 15 is 0 Å². The fourth-order valence-electron chi connectivity index (χ4n) is 1.71. The summed E-state index contributed by atoms with van der Waals surface area (Å²) in [5.41, 5.74) is 1.52. The lowest BCUT2D eigenvalue weighted by Crippen LogP contribution is -2.42. The van der Waals surface area contributed by atoms with Crippen molar-refractivity contribution < 1.29 is 0 Å². The van der Waals surface area contributed by atoms with Crippen LogP contribution in [0, 0.1) is 5.41 Å². The molecule has 1 N–H and O–H groups in total. The van der Waals surface area contributed by atoms with E-state index < -0.39 is 0 Å². The van der Waals surface area contributed by atoms with Crippen molar-refractivity contribution in [2.45, 2.75) is 20.3 Å². The Morgan fingerprint density at radius 3 is 2.60 bits per heavy atom. The van der Waals surface area contributed by atoms with E-state index in [0.29, 0.717) is 5.41 Å². The Labute approximate surface area is 91.4 Å². The zero-order valence-electron chi connectivity index (χ0n) is 9.46. The van der Waals surface area contributed by atoms with Gasteiger partial charge < -0.3 is 5.32 Å². The highest BCUT2D eigenvalue weighted by Gasteiger charge is 2.25. The van der Waals surface area contributed by atoms with E-state index in [1.54, 1.807) is 0 Å². The third-order valence-corrected chi connectivity index (χ3v) is 3.20. The molecule has 1 aliphatic heterocycles. The van der Waals surface area contributed by atoms with E-state index in [4.69, 9.17) is 0 Å². The Morgan fingerprint density at radius 2 is 2.07 bits per heavy atom. The van der Waals surface area contributed by atoms with Gasteiger partial charge in [0.15, 0.2) is 0 Å². The van der Waals surface area contributed by atoms with Crippen LogP contribution in [-0.2, 0) is 0 Å². The number of nitrogens with zero attached hydrogens (tertiary/aromatic N) is 1. The third kappa shape index (κ3) is 2.20. The van der Waals surface area contributed by atoms with Gasteiger partial charge in [-0.05, 0) is 6.42 Å². The van der Waals surface area contributed by atoms with Crippen molar-refractivity contribution in [3.8, 4) is 0 Å². The minimum absolute atomic E-state index is 0.332. The van der Waals surface area contributed by atoms with Crippen LogP contribution >= 0.6 is 0 Å². The highest BCUT2D eigenvalue weighted by atomic mass is 15.0. The lowest BCUT2D eigenvalue weighted by atomic mass is 9.86. The average molecular weight is 202 g/mol. The molecule has 1 aromatic rings. The Morgan fingerprint density at radius 1 is 1.33 bits per heavy atom. The van der Waals surface area contributed by atoms with Crippen LogP contribution in [0.4, 0.5) is 0 Å². The summed E-state index contributed by atoms with van der Waals surface area (Å²) in [5.74, 6) is 1.04. The molecule has 0 spiro atoms. The first kappa shape index (κ1) is 10.2. The maximum atomic E-state index is 4.63. The van der Waals surface area contributed by atoms with Crippen molar-refractivity contribution in [3.63, 3.8) is 0 Å². The van der Waals surface area contributed by atoms with Crippen molar-refractivity contribution in [2.24, 2.45) is 10.4 Å². The minimum Gasteiger partial charge on any atom is -0.369 e. The summed E-state index contributed by atoms with van der Waals surface area (Å²) in [4.78, 5) is 4.63. The molecule has 2 nitrogen and oxygen atoms in total. The number of benzene rings is 1. The van der Waals surface area contributed by atoms with Gasteiger partial charge in [-0.2, -0.15) is 0 Å². The van der Waals surface area contributed by atoms with Crippen molar-refractivity contribution in [3.05, 3.63) is 35.9 Å². The van der Waals surface area contributed by atoms with Gasteiger partial charge in [0.1, 0.15) is 5.84 Å². The second kappa shape index (κ2) is 4.05. The van der Waals surface area contributed by atoms with Gasteiger partial charge in [-0.3, -0.25) is 4.99 Å². The Balaban J connectivity index is 2.15. The zero-order valence-corrected chi connectivity index (χ0v) is 9.46. The first-order chi connectivity index (χ1) is 7.23. The summed E-state index contributed by atoms with van der Waals surface area (Å²) in [5, 5.41) is 3.43. The normalized spacial score (nSPS) is 25.6. The molecule has 80 valence electrons. The van der Waals surface area contributed by atoms with Crippen LogP contribution in [0.3, 0.4) is 0 Å². The summed E-state index contributed by atoms with van der Waals surface area (Å²) >= 11 is 0. The Kier molecular flexibility index (Phi) is 2.76. The number of nitrogens with one attached hydrogen (secondary N) is 1. The van der Waals surface area contributed by atoms with Gasteiger partial charge in [-0.25, -0.2) is 0 Å². The standard InChI is InChI=1S/C13H18N2/c1-3-13(2)9-14-12(15-10-13)11-7-5-4-6-8-11/h4-8H,3,9-10H2,1-2H3,(H,14,15). The minimum atomic E-state index is 0.332. The van der Waals surface area contributed by atoms with Gasteiger partial charge >= 0.3 is 0 Å². The summed E-state index contributed by atoms with van der Waals surface area (Å²) in [6.45, 7) is 6.47. The zero-order chi connectivity index (χ0) is 10.7. The van der Waals surface area contributed by atoms with Gasteiger partial charge in [0, 0.05) is 24.1 Å². The van der Waals surface area contributed by atoms with Crippen LogP contribution in [0.15, 0.2) is 35.3 Å². The monoisotopic (exact) mass is 202 g/mol. The molecule has 0 saturated heterocycles. The molecule has 15 heavy (non-hydrogen) atoms. The molecule has 0 amide bonds. The number of rotatable bonds is 2. The third-order valence-electron chi connectivity index (χ3n) is 3.20. The number of aliphatic imine (C=N–C) groups is 1. The van der Waals surface area contributed by atoms with Crippen molar-refractivity contribution in [1.82, 2.24) is 5.32 Å². The second-order valence-electron chi connectivity index (χ2n) is 4.55. The molecular weight excluding hydrogens is 184 g/mol. The lowest BCUT2D eigenvalue weighted by Gasteiger charge is -2.32. The van der Waals surface area contributed by atoms with Crippen molar-refractivity contribution in [1.29, 1.82) is 0 Å². The van der Waals surface area contributed by atoms with E-state index in [-0.39, 0.29) is 0 Å².